The second kappa shape index (κ2) is 7.45. The predicted molar refractivity (Wildman–Crippen MR) is 119 cm³/mol. The van der Waals surface area contributed by atoms with Crippen molar-refractivity contribution in [2.24, 2.45) is 0 Å². The van der Waals surface area contributed by atoms with Crippen molar-refractivity contribution in [1.82, 2.24) is 9.55 Å². The lowest BCUT2D eigenvalue weighted by molar-refractivity contribution is 0.0965. The highest BCUT2D eigenvalue weighted by Crippen LogP contribution is 2.34. The third kappa shape index (κ3) is 3.26. The molecule has 0 saturated heterocycles. The molecule has 0 aliphatic rings. The molecule has 152 valence electrons. The second-order valence-corrected chi connectivity index (χ2v) is 7.80. The maximum absolute atomic E-state index is 13.9. The molecule has 3 nitrogen and oxygen atoms in total. The second-order valence-electron chi connectivity index (χ2n) is 6.99. The molecule has 0 spiro atoms. The van der Waals surface area contributed by atoms with Gasteiger partial charge in [0.05, 0.1) is 21.1 Å². The molecule has 0 N–H and O–H groups in total. The highest BCUT2D eigenvalue weighted by atomic mass is 35.5. The first kappa shape index (κ1) is 19.7. The zero-order valence-corrected chi connectivity index (χ0v) is 17.3. The molecule has 0 radical (unpaired) electrons. The fourth-order valence-corrected chi connectivity index (χ4v) is 3.95. The number of fused-ring (bicyclic) bond motifs is 2. The van der Waals surface area contributed by atoms with Crippen molar-refractivity contribution in [3.05, 3.63) is 100 Å². The molecule has 4 aromatic carbocycles. The molecular weight excluding hydrogens is 441 g/mol. The zero-order valence-electron chi connectivity index (χ0n) is 15.7. The van der Waals surface area contributed by atoms with E-state index in [0.717, 1.165) is 22.9 Å². The number of rotatable bonds is 2. The lowest BCUT2D eigenvalue weighted by atomic mass is 10.0. The molecule has 0 bridgehead atoms. The maximum atomic E-state index is 13.9. The van der Waals surface area contributed by atoms with Crippen LogP contribution in [-0.4, -0.2) is 15.5 Å². The monoisotopic (exact) mass is 452 g/mol. The molecule has 0 unspecified atom stereocenters. The molecule has 5 aromatic rings. The van der Waals surface area contributed by atoms with E-state index in [9.17, 15) is 13.6 Å². The van der Waals surface area contributed by atoms with Crippen LogP contribution in [0.15, 0.2) is 72.8 Å². The number of imidazole rings is 1. The van der Waals surface area contributed by atoms with Crippen LogP contribution in [0.2, 0.25) is 10.0 Å². The minimum atomic E-state index is -1.11. The Morgan fingerprint density at radius 2 is 1.58 bits per heavy atom. The van der Waals surface area contributed by atoms with Crippen molar-refractivity contribution < 1.29 is 13.6 Å². The van der Waals surface area contributed by atoms with Crippen molar-refractivity contribution in [1.29, 1.82) is 0 Å². The fourth-order valence-electron chi connectivity index (χ4n) is 3.64. The predicted octanol–water partition coefficient (Wildman–Crippen LogP) is 7.13. The Morgan fingerprint density at radius 3 is 2.39 bits per heavy atom. The van der Waals surface area contributed by atoms with Crippen molar-refractivity contribution in [2.75, 3.05) is 0 Å². The Bertz CT molecular complexity index is 1510. The molecule has 1 aromatic heterocycles. The Labute approximate surface area is 185 Å². The highest BCUT2D eigenvalue weighted by molar-refractivity contribution is 6.42. The molecule has 0 atom stereocenters. The van der Waals surface area contributed by atoms with E-state index in [4.69, 9.17) is 23.2 Å². The Balaban J connectivity index is 1.84. The summed E-state index contributed by atoms with van der Waals surface area (Å²) in [7, 11) is 0. The summed E-state index contributed by atoms with van der Waals surface area (Å²) in [6.07, 6.45) is 0. The number of benzene rings is 4. The van der Waals surface area contributed by atoms with E-state index in [-0.39, 0.29) is 10.6 Å². The number of carbonyl (C=O) groups excluding carboxylic acids is 1. The van der Waals surface area contributed by atoms with Crippen LogP contribution < -0.4 is 0 Å². The zero-order chi connectivity index (χ0) is 21.7. The lowest BCUT2D eigenvalue weighted by Crippen LogP contribution is -2.14. The number of halogens is 4. The Morgan fingerprint density at radius 1 is 0.839 bits per heavy atom. The summed E-state index contributed by atoms with van der Waals surface area (Å²) >= 11 is 12.4. The molecule has 5 rings (SSSR count). The minimum absolute atomic E-state index is 0.0224. The van der Waals surface area contributed by atoms with Gasteiger partial charge in [0.1, 0.15) is 5.82 Å². The lowest BCUT2D eigenvalue weighted by Gasteiger charge is -2.11. The molecule has 1 heterocycles. The van der Waals surface area contributed by atoms with Crippen LogP contribution in [0.4, 0.5) is 8.78 Å². The summed E-state index contributed by atoms with van der Waals surface area (Å²) in [4.78, 5) is 18.1. The standard InChI is InChI=1S/C24H12Cl2F2N2O/c25-17-11-21-22(12-18(17)26)30(24(31)14-8-9-19(27)20(28)10-14)23(29-21)16-7-3-5-13-4-1-2-6-15(13)16/h1-12H. The largest absolute Gasteiger partial charge is 0.268 e. The summed E-state index contributed by atoms with van der Waals surface area (Å²) < 4.78 is 28.6. The molecule has 0 aliphatic heterocycles. The number of hydrogen-bond acceptors (Lipinski definition) is 2. The van der Waals surface area contributed by atoms with Crippen molar-refractivity contribution in [3.8, 4) is 11.4 Å². The van der Waals surface area contributed by atoms with Gasteiger partial charge in [-0.25, -0.2) is 13.8 Å². The van der Waals surface area contributed by atoms with Gasteiger partial charge in [-0.1, -0.05) is 65.7 Å². The van der Waals surface area contributed by atoms with E-state index in [1.807, 2.05) is 42.5 Å². The topological polar surface area (TPSA) is 34.9 Å². The number of carbonyl (C=O) groups is 1. The normalized spacial score (nSPS) is 11.4. The van der Waals surface area contributed by atoms with Crippen molar-refractivity contribution in [3.63, 3.8) is 0 Å². The Hall–Kier alpha value is -3.28. The van der Waals surface area contributed by atoms with Crippen LogP contribution in [-0.2, 0) is 0 Å². The Kier molecular flexibility index (Phi) is 4.73. The summed E-state index contributed by atoms with van der Waals surface area (Å²) in [5, 5.41) is 2.40. The van der Waals surface area contributed by atoms with Crippen LogP contribution in [0.25, 0.3) is 33.2 Å². The average Bonchev–Trinajstić information content (AvgIpc) is 3.13. The molecule has 0 aliphatic carbocycles. The van der Waals surface area contributed by atoms with E-state index >= 15 is 0 Å². The number of nitrogens with zero attached hydrogens (tertiary/aromatic N) is 2. The van der Waals surface area contributed by atoms with Gasteiger partial charge in [0, 0.05) is 11.1 Å². The average molecular weight is 453 g/mol. The fraction of sp³-hybridized carbons (Fsp3) is 0. The number of hydrogen-bond donors (Lipinski definition) is 0. The van der Waals surface area contributed by atoms with E-state index in [1.165, 1.54) is 10.6 Å². The van der Waals surface area contributed by atoms with E-state index in [1.54, 1.807) is 12.1 Å². The van der Waals surface area contributed by atoms with Gasteiger partial charge < -0.3 is 0 Å². The van der Waals surface area contributed by atoms with Gasteiger partial charge in [0.15, 0.2) is 11.6 Å². The summed E-state index contributed by atoms with van der Waals surface area (Å²) in [6, 6.07) is 19.5. The van der Waals surface area contributed by atoms with Gasteiger partial charge in [-0.2, -0.15) is 0 Å². The van der Waals surface area contributed by atoms with Crippen LogP contribution in [0.1, 0.15) is 10.4 Å². The van der Waals surface area contributed by atoms with Crippen molar-refractivity contribution >= 4 is 50.9 Å². The highest BCUT2D eigenvalue weighted by Gasteiger charge is 2.22. The molecule has 0 fully saturated rings. The first-order valence-corrected chi connectivity index (χ1v) is 10.0. The SMILES string of the molecule is O=C(c1ccc(F)c(F)c1)n1c(-c2cccc3ccccc23)nc2cc(Cl)c(Cl)cc21. The van der Waals surface area contributed by atoms with Crippen LogP contribution in [0, 0.1) is 11.6 Å². The third-order valence-electron chi connectivity index (χ3n) is 5.10. The van der Waals surface area contributed by atoms with Gasteiger partial charge in [-0.3, -0.25) is 9.36 Å². The minimum Gasteiger partial charge on any atom is -0.268 e. The van der Waals surface area contributed by atoms with E-state index < -0.39 is 17.5 Å². The van der Waals surface area contributed by atoms with Gasteiger partial charge in [0.2, 0.25) is 0 Å². The quantitative estimate of drug-likeness (QED) is 0.285. The van der Waals surface area contributed by atoms with Gasteiger partial charge >= 0.3 is 0 Å². The van der Waals surface area contributed by atoms with Gasteiger partial charge in [0.25, 0.3) is 5.91 Å². The number of aromatic nitrogens is 2. The summed E-state index contributed by atoms with van der Waals surface area (Å²) in [5.41, 5.74) is 1.54. The van der Waals surface area contributed by atoms with Crippen molar-refractivity contribution in [2.45, 2.75) is 0 Å². The molecular formula is C24H12Cl2F2N2O. The molecule has 7 heteroatoms. The van der Waals surface area contributed by atoms with Gasteiger partial charge in [-0.15, -0.1) is 0 Å². The summed E-state index contributed by atoms with van der Waals surface area (Å²) in [6.45, 7) is 0. The van der Waals surface area contributed by atoms with Crippen LogP contribution >= 0.6 is 23.2 Å². The summed E-state index contributed by atoms with van der Waals surface area (Å²) in [5.74, 6) is -2.36. The molecule has 0 amide bonds. The van der Waals surface area contributed by atoms with E-state index in [2.05, 4.69) is 4.98 Å². The molecule has 31 heavy (non-hydrogen) atoms. The smallest absolute Gasteiger partial charge is 0.264 e. The third-order valence-corrected chi connectivity index (χ3v) is 5.82. The maximum Gasteiger partial charge on any atom is 0.264 e. The van der Waals surface area contributed by atoms with Gasteiger partial charge in [-0.05, 0) is 41.1 Å². The first-order chi connectivity index (χ1) is 14.9. The molecule has 0 saturated carbocycles. The van der Waals surface area contributed by atoms with Crippen LogP contribution in [0.5, 0.6) is 0 Å². The van der Waals surface area contributed by atoms with E-state index in [0.29, 0.717) is 27.4 Å². The first-order valence-electron chi connectivity index (χ1n) is 9.29. The van der Waals surface area contributed by atoms with Crippen LogP contribution in [0.3, 0.4) is 0 Å².